The van der Waals surface area contributed by atoms with Crippen LogP contribution in [0.25, 0.3) is 0 Å². The Morgan fingerprint density at radius 3 is 0.809 bits per heavy atom. The topological polar surface area (TPSA) is 167 Å². The van der Waals surface area contributed by atoms with Crippen molar-refractivity contribution in [1.29, 1.82) is 0 Å². The molecule has 2 heterocycles. The maximum Gasteiger partial charge on any atom is 0.317 e. The monoisotopic (exact) mass is 1200 g/mol. The minimum absolute atomic E-state index is 0.0574. The van der Waals surface area contributed by atoms with Gasteiger partial charge >= 0.3 is 11.9 Å². The van der Waals surface area contributed by atoms with Gasteiger partial charge in [0.25, 0.3) is 0 Å². The van der Waals surface area contributed by atoms with Gasteiger partial charge in [-0.1, -0.05) is 249 Å². The van der Waals surface area contributed by atoms with Crippen LogP contribution >= 0.6 is 0 Å². The third-order valence-corrected chi connectivity index (χ3v) is 16.3. The van der Waals surface area contributed by atoms with Crippen molar-refractivity contribution >= 4 is 11.9 Å². The largest absolute Gasteiger partial charge is 0.481 e. The molecule has 464 valence electrons. The van der Waals surface area contributed by atoms with Crippen LogP contribution in [-0.4, -0.2) is 96.4 Å². The minimum Gasteiger partial charge on any atom is -0.481 e. The molecule has 0 saturated carbocycles. The summed E-state index contributed by atoms with van der Waals surface area (Å²) in [5, 5.41) is 20.8. The van der Waals surface area contributed by atoms with Gasteiger partial charge in [-0.05, 0) is 57.3 Å². The SMILES string of the molecule is O=C(O)C(CCCC([C@@H]1O[C@H](COCc2ccccc2)[C@@H](OCc2ccccc2)[C@H](OCc2ccccc2)[C@H]1OCc1ccccc1)[C@@H]1O[C@H](COCc2ccccc2)[C@@H](OCc2ccccc2)[C@H](OCc2ccccc2)[C@H]1OCc1ccccc1)C(=O)O. The molecule has 2 saturated heterocycles. The lowest BCUT2D eigenvalue weighted by Gasteiger charge is -2.53. The third-order valence-electron chi connectivity index (χ3n) is 16.3. The molecule has 10 atom stereocenters. The number of aliphatic carboxylic acids is 2. The van der Waals surface area contributed by atoms with Crippen LogP contribution in [0.3, 0.4) is 0 Å². The molecule has 2 fully saturated rings. The van der Waals surface area contributed by atoms with E-state index in [1.807, 2.05) is 243 Å². The molecule has 14 heteroatoms. The summed E-state index contributed by atoms with van der Waals surface area (Å²) in [4.78, 5) is 25.5. The summed E-state index contributed by atoms with van der Waals surface area (Å²) >= 11 is 0. The normalized spacial score (nSPS) is 21.8. The van der Waals surface area contributed by atoms with Crippen molar-refractivity contribution in [3.05, 3.63) is 287 Å². The number of ether oxygens (including phenoxy) is 10. The average molecular weight is 1210 g/mol. The van der Waals surface area contributed by atoms with Crippen molar-refractivity contribution in [1.82, 2.24) is 0 Å². The van der Waals surface area contributed by atoms with Crippen LogP contribution in [-0.2, 0) is 110 Å². The average Bonchev–Trinajstić information content (AvgIpc) is 1.49. The Hall–Kier alpha value is -7.70. The van der Waals surface area contributed by atoms with Crippen LogP contribution in [0, 0.1) is 11.8 Å². The van der Waals surface area contributed by atoms with E-state index in [1.165, 1.54) is 0 Å². The van der Waals surface area contributed by atoms with Gasteiger partial charge in [-0.2, -0.15) is 0 Å². The zero-order valence-electron chi connectivity index (χ0n) is 50.0. The molecule has 2 N–H and O–H groups in total. The van der Waals surface area contributed by atoms with E-state index in [1.54, 1.807) is 0 Å². The Labute approximate surface area is 522 Å². The first-order valence-electron chi connectivity index (χ1n) is 30.8. The van der Waals surface area contributed by atoms with Gasteiger partial charge in [0, 0.05) is 5.92 Å². The van der Waals surface area contributed by atoms with Crippen molar-refractivity contribution in [2.75, 3.05) is 13.2 Å². The van der Waals surface area contributed by atoms with E-state index in [-0.39, 0.29) is 85.3 Å². The molecule has 8 aromatic rings. The smallest absolute Gasteiger partial charge is 0.317 e. The first-order valence-corrected chi connectivity index (χ1v) is 30.8. The second-order valence-electron chi connectivity index (χ2n) is 22.7. The highest BCUT2D eigenvalue weighted by Gasteiger charge is 2.57. The summed E-state index contributed by atoms with van der Waals surface area (Å²) in [5.41, 5.74) is 7.43. The fourth-order valence-corrected chi connectivity index (χ4v) is 11.8. The van der Waals surface area contributed by atoms with Gasteiger partial charge in [-0.25, -0.2) is 0 Å². The van der Waals surface area contributed by atoms with Crippen LogP contribution < -0.4 is 0 Å². The zero-order valence-corrected chi connectivity index (χ0v) is 50.0. The molecule has 0 radical (unpaired) electrons. The Morgan fingerprint density at radius 1 is 0.315 bits per heavy atom. The number of carboxylic acid groups (broad SMARTS) is 2. The molecule has 2 aliphatic heterocycles. The number of hydrogen-bond donors (Lipinski definition) is 2. The van der Waals surface area contributed by atoms with Gasteiger partial charge < -0.3 is 57.6 Å². The summed E-state index contributed by atoms with van der Waals surface area (Å²) in [6.07, 6.45) is -8.69. The van der Waals surface area contributed by atoms with E-state index in [0.717, 1.165) is 44.5 Å². The van der Waals surface area contributed by atoms with Gasteiger partial charge in [0.05, 0.1) is 78.3 Å². The predicted molar refractivity (Wildman–Crippen MR) is 336 cm³/mol. The maximum atomic E-state index is 12.8. The van der Waals surface area contributed by atoms with Gasteiger partial charge in [-0.3, -0.25) is 9.59 Å². The van der Waals surface area contributed by atoms with E-state index in [9.17, 15) is 19.8 Å². The highest BCUT2D eigenvalue weighted by Crippen LogP contribution is 2.43. The molecule has 0 bridgehead atoms. The lowest BCUT2D eigenvalue weighted by atomic mass is 9.77. The van der Waals surface area contributed by atoms with Crippen molar-refractivity contribution in [3.8, 4) is 0 Å². The Kier molecular flexibility index (Phi) is 24.8. The summed E-state index contributed by atoms with van der Waals surface area (Å²) < 4.78 is 72.5. The van der Waals surface area contributed by atoms with Crippen LogP contribution in [0.15, 0.2) is 243 Å². The number of rotatable bonds is 34. The van der Waals surface area contributed by atoms with Crippen LogP contribution in [0.4, 0.5) is 0 Å². The number of benzene rings is 8. The van der Waals surface area contributed by atoms with Crippen LogP contribution in [0.1, 0.15) is 63.8 Å². The summed E-state index contributed by atoms with van der Waals surface area (Å²) in [5.74, 6) is -5.35. The zero-order chi connectivity index (χ0) is 61.2. The molecule has 0 unspecified atom stereocenters. The van der Waals surface area contributed by atoms with E-state index in [4.69, 9.17) is 47.4 Å². The van der Waals surface area contributed by atoms with Crippen molar-refractivity contribution < 1.29 is 67.2 Å². The van der Waals surface area contributed by atoms with Crippen molar-refractivity contribution in [3.63, 3.8) is 0 Å². The molecular formula is C75H80O14. The Bertz CT molecular complexity index is 3050. The highest BCUT2D eigenvalue weighted by molar-refractivity contribution is 5.92. The summed E-state index contributed by atoms with van der Waals surface area (Å²) in [6, 6.07) is 79.3. The predicted octanol–water partition coefficient (Wildman–Crippen LogP) is 13.0. The van der Waals surface area contributed by atoms with Crippen molar-refractivity contribution in [2.45, 2.75) is 133 Å². The molecule has 10 rings (SSSR count). The second-order valence-corrected chi connectivity index (χ2v) is 22.7. The third kappa shape index (κ3) is 19.2. The molecule has 0 aliphatic carbocycles. The van der Waals surface area contributed by atoms with Crippen LogP contribution in [0.5, 0.6) is 0 Å². The molecule has 0 amide bonds. The van der Waals surface area contributed by atoms with Gasteiger partial charge in [0.1, 0.15) is 48.8 Å². The quantitative estimate of drug-likeness (QED) is 0.0366. The minimum atomic E-state index is -1.70. The molecule has 0 aromatic heterocycles. The second kappa shape index (κ2) is 34.3. The van der Waals surface area contributed by atoms with Gasteiger partial charge in [0.2, 0.25) is 0 Å². The van der Waals surface area contributed by atoms with Crippen LogP contribution in [0.2, 0.25) is 0 Å². The molecule has 89 heavy (non-hydrogen) atoms. The lowest BCUT2D eigenvalue weighted by Crippen LogP contribution is -2.68. The summed E-state index contributed by atoms with van der Waals surface area (Å²) in [7, 11) is 0. The van der Waals surface area contributed by atoms with E-state index < -0.39 is 84.8 Å². The molecule has 8 aromatic carbocycles. The van der Waals surface area contributed by atoms with Gasteiger partial charge in [0.15, 0.2) is 5.92 Å². The molecule has 2 aliphatic rings. The van der Waals surface area contributed by atoms with Gasteiger partial charge in [-0.15, -0.1) is 0 Å². The first kappa shape index (κ1) is 64.3. The fraction of sp³-hybridized carbons (Fsp3) is 0.333. The molecule has 0 spiro atoms. The van der Waals surface area contributed by atoms with Crippen molar-refractivity contribution in [2.24, 2.45) is 11.8 Å². The van der Waals surface area contributed by atoms with E-state index in [2.05, 4.69) is 0 Å². The standard InChI is InChI=1S/C75H80O14/c76-74(77)63(75(78)79)43-25-42-62(66-70(84-48-58-34-17-5-18-35-58)72(86-50-60-38-21-7-22-39-60)68(82-46-56-30-13-3-14-31-56)64(88-66)52-80-44-54-26-9-1-10-27-54)67-71(85-49-59-36-19-6-20-37-59)73(87-51-61-40-23-8-24-41-61)69(83-47-57-32-15-4-16-33-57)65(89-67)53-81-45-55-28-11-2-12-29-55/h1-24,26-41,62-73H,25,42-53H2,(H,76,77)(H,78,79)/t64-,65-,66+,67+,68-,69-,70+,71+,72+,73+/m1/s1. The first-order chi connectivity index (χ1) is 43.8. The summed E-state index contributed by atoms with van der Waals surface area (Å²) in [6.45, 7) is 1.69. The number of carboxylic acids is 2. The lowest BCUT2D eigenvalue weighted by molar-refractivity contribution is -0.315. The van der Waals surface area contributed by atoms with E-state index in [0.29, 0.717) is 0 Å². The maximum absolute atomic E-state index is 12.8. The number of carbonyl (C=O) groups is 2. The molecule has 14 nitrogen and oxygen atoms in total. The Morgan fingerprint density at radius 2 is 0.551 bits per heavy atom. The Balaban J connectivity index is 1.14. The van der Waals surface area contributed by atoms with E-state index >= 15 is 0 Å². The molecular weight excluding hydrogens is 1120 g/mol. The number of hydrogen-bond acceptors (Lipinski definition) is 12. The fourth-order valence-electron chi connectivity index (χ4n) is 11.8. The highest BCUT2D eigenvalue weighted by atomic mass is 16.6.